The van der Waals surface area contributed by atoms with E-state index >= 15 is 0 Å². The van der Waals surface area contributed by atoms with Gasteiger partial charge in [0, 0.05) is 46.1 Å². The molecule has 2 heterocycles. The van der Waals surface area contributed by atoms with Crippen molar-refractivity contribution in [3.05, 3.63) is 74.4 Å². The lowest BCUT2D eigenvalue weighted by molar-refractivity contribution is -0.123. The maximum absolute atomic E-state index is 13.1. The Morgan fingerprint density at radius 1 is 0.915 bits per heavy atom. The molecule has 3 rings (SSSR count). The summed E-state index contributed by atoms with van der Waals surface area (Å²) in [6.45, 7) is 3.66. The van der Waals surface area contributed by atoms with Gasteiger partial charge in [-0.1, -0.05) is 47.5 Å². The maximum atomic E-state index is 13.1. The third kappa shape index (κ3) is 12.2. The average Bonchev–Trinajstić information content (AvgIpc) is 3.05. The fourth-order valence-electron chi connectivity index (χ4n) is 4.24. The van der Waals surface area contributed by atoms with Crippen molar-refractivity contribution in [2.45, 2.75) is 12.5 Å². The standard InChI is InChI=1S/C31H40Cl2N6O8/c1-39-31(42)27(26(20-37-39)47-16-15-46-14-13-45-12-11-44-9-7-34)22-5-3-21(4-6-22)17-25(29(40)36-8-10-43-2)38-30(41)28-23(32)18-35-19-24(28)33/h3-6,18-20,25H,7-17,34H2,1-2H3,(H,36,40)(H,38,41). The number of hydrogen-bond donors (Lipinski definition) is 3. The van der Waals surface area contributed by atoms with E-state index in [4.69, 9.17) is 52.6 Å². The van der Waals surface area contributed by atoms with Gasteiger partial charge in [0.05, 0.1) is 73.6 Å². The summed E-state index contributed by atoms with van der Waals surface area (Å²) in [6.07, 6.45) is 4.19. The Hall–Kier alpha value is -3.63. The Morgan fingerprint density at radius 3 is 2.15 bits per heavy atom. The van der Waals surface area contributed by atoms with Gasteiger partial charge in [0.2, 0.25) is 5.91 Å². The molecule has 47 heavy (non-hydrogen) atoms. The normalized spacial score (nSPS) is 11.7. The summed E-state index contributed by atoms with van der Waals surface area (Å²) < 4.78 is 28.3. The first-order valence-electron chi connectivity index (χ1n) is 14.8. The molecular formula is C31H40Cl2N6O8. The Morgan fingerprint density at radius 2 is 1.53 bits per heavy atom. The third-order valence-corrected chi connectivity index (χ3v) is 7.16. The van der Waals surface area contributed by atoms with Crippen molar-refractivity contribution in [3.8, 4) is 16.9 Å². The molecule has 0 fully saturated rings. The highest BCUT2D eigenvalue weighted by molar-refractivity contribution is 6.39. The molecule has 0 saturated carbocycles. The van der Waals surface area contributed by atoms with Crippen LogP contribution in [0.25, 0.3) is 11.1 Å². The van der Waals surface area contributed by atoms with Crippen molar-refractivity contribution in [3.63, 3.8) is 0 Å². The molecule has 0 aliphatic heterocycles. The maximum Gasteiger partial charge on any atom is 0.278 e. The number of nitrogens with two attached hydrogens (primary N) is 1. The van der Waals surface area contributed by atoms with E-state index in [0.29, 0.717) is 68.6 Å². The first-order chi connectivity index (χ1) is 22.8. The second kappa shape index (κ2) is 20.6. The topological polar surface area (TPSA) is 178 Å². The number of rotatable bonds is 21. The lowest BCUT2D eigenvalue weighted by atomic mass is 10.0. The molecule has 1 unspecified atom stereocenters. The second-order valence-corrected chi connectivity index (χ2v) is 10.8. The molecule has 256 valence electrons. The van der Waals surface area contributed by atoms with Crippen molar-refractivity contribution in [1.29, 1.82) is 0 Å². The number of pyridine rings is 1. The van der Waals surface area contributed by atoms with Crippen LogP contribution in [0.4, 0.5) is 0 Å². The first kappa shape index (κ1) is 37.8. The van der Waals surface area contributed by atoms with E-state index in [1.54, 1.807) is 31.3 Å². The van der Waals surface area contributed by atoms with Gasteiger partial charge in [-0.15, -0.1) is 0 Å². The Kier molecular flexibility index (Phi) is 16.6. The SMILES string of the molecule is COCCNC(=O)C(Cc1ccc(-c2c(OCCOCCOCCOCCN)cnn(C)c2=O)cc1)NC(=O)c1c(Cl)cncc1Cl. The molecule has 0 radical (unpaired) electrons. The van der Waals surface area contributed by atoms with Gasteiger partial charge in [-0.25, -0.2) is 4.68 Å². The summed E-state index contributed by atoms with van der Waals surface area (Å²) in [4.78, 5) is 43.1. The van der Waals surface area contributed by atoms with Gasteiger partial charge in [0.1, 0.15) is 12.6 Å². The minimum Gasteiger partial charge on any atom is -0.489 e. The predicted molar refractivity (Wildman–Crippen MR) is 176 cm³/mol. The van der Waals surface area contributed by atoms with Crippen molar-refractivity contribution < 1.29 is 33.3 Å². The number of carbonyl (C=O) groups is 2. The zero-order valence-electron chi connectivity index (χ0n) is 26.3. The van der Waals surface area contributed by atoms with Gasteiger partial charge in [-0.05, 0) is 11.1 Å². The summed E-state index contributed by atoms with van der Waals surface area (Å²) >= 11 is 12.3. The molecule has 0 spiro atoms. The number of amides is 2. The Balaban J connectivity index is 1.66. The van der Waals surface area contributed by atoms with Crippen LogP contribution in [0.2, 0.25) is 10.0 Å². The molecule has 2 aromatic heterocycles. The number of halogens is 2. The van der Waals surface area contributed by atoms with Crippen LogP contribution >= 0.6 is 23.2 Å². The highest BCUT2D eigenvalue weighted by Gasteiger charge is 2.25. The van der Waals surface area contributed by atoms with Gasteiger partial charge in [-0.2, -0.15) is 5.10 Å². The molecule has 3 aromatic rings. The number of ether oxygens (including phenoxy) is 5. The number of methoxy groups -OCH3 is 1. The molecule has 1 atom stereocenters. The molecule has 0 aliphatic carbocycles. The van der Waals surface area contributed by atoms with E-state index in [9.17, 15) is 14.4 Å². The first-order valence-corrected chi connectivity index (χ1v) is 15.6. The summed E-state index contributed by atoms with van der Waals surface area (Å²) in [5.41, 5.74) is 6.64. The fraction of sp³-hybridized carbons (Fsp3) is 0.452. The average molecular weight is 696 g/mol. The summed E-state index contributed by atoms with van der Waals surface area (Å²) in [5, 5.41) is 9.66. The lowest BCUT2D eigenvalue weighted by Crippen LogP contribution is -2.48. The van der Waals surface area contributed by atoms with Crippen LogP contribution in [0, 0.1) is 0 Å². The number of aromatic nitrogens is 3. The number of hydrogen-bond acceptors (Lipinski definition) is 11. The molecule has 14 nitrogen and oxygen atoms in total. The van der Waals surface area contributed by atoms with Crippen molar-refractivity contribution >= 4 is 35.0 Å². The minimum atomic E-state index is -0.979. The van der Waals surface area contributed by atoms with Gasteiger partial charge < -0.3 is 40.1 Å². The number of aryl methyl sites for hydroxylation is 1. The molecule has 16 heteroatoms. The van der Waals surface area contributed by atoms with Gasteiger partial charge in [-0.3, -0.25) is 19.4 Å². The van der Waals surface area contributed by atoms with Crippen LogP contribution in [0.15, 0.2) is 47.7 Å². The smallest absolute Gasteiger partial charge is 0.278 e. The van der Waals surface area contributed by atoms with E-state index in [-0.39, 0.29) is 47.3 Å². The van der Waals surface area contributed by atoms with E-state index in [1.165, 1.54) is 30.4 Å². The highest BCUT2D eigenvalue weighted by atomic mass is 35.5. The highest BCUT2D eigenvalue weighted by Crippen LogP contribution is 2.27. The number of nitrogens with one attached hydrogen (secondary N) is 2. The fourth-order valence-corrected chi connectivity index (χ4v) is 4.78. The molecule has 4 N–H and O–H groups in total. The van der Waals surface area contributed by atoms with Crippen LogP contribution in [0.5, 0.6) is 5.75 Å². The van der Waals surface area contributed by atoms with Crippen LogP contribution in [0.3, 0.4) is 0 Å². The van der Waals surface area contributed by atoms with Crippen molar-refractivity contribution in [1.82, 2.24) is 25.4 Å². The number of nitrogens with zero attached hydrogens (tertiary/aromatic N) is 3. The zero-order chi connectivity index (χ0) is 34.0. The van der Waals surface area contributed by atoms with E-state index in [2.05, 4.69) is 20.7 Å². The van der Waals surface area contributed by atoms with E-state index in [1.807, 2.05) is 0 Å². The predicted octanol–water partition coefficient (Wildman–Crippen LogP) is 1.64. The monoisotopic (exact) mass is 694 g/mol. The largest absolute Gasteiger partial charge is 0.489 e. The minimum absolute atomic E-state index is 0.0114. The second-order valence-electron chi connectivity index (χ2n) is 9.98. The van der Waals surface area contributed by atoms with Gasteiger partial charge in [0.15, 0.2) is 5.75 Å². The molecule has 0 aliphatic rings. The Labute approximate surface area is 282 Å². The third-order valence-electron chi connectivity index (χ3n) is 6.58. The number of carbonyl (C=O) groups excluding carboxylic acids is 2. The molecule has 1 aromatic carbocycles. The van der Waals surface area contributed by atoms with Gasteiger partial charge in [0.25, 0.3) is 11.5 Å². The summed E-state index contributed by atoms with van der Waals surface area (Å²) in [5.74, 6) is -0.756. The molecule has 0 saturated heterocycles. The van der Waals surface area contributed by atoms with Gasteiger partial charge >= 0.3 is 0 Å². The number of benzene rings is 1. The quantitative estimate of drug-likeness (QED) is 0.138. The molecular weight excluding hydrogens is 655 g/mol. The zero-order valence-corrected chi connectivity index (χ0v) is 27.8. The van der Waals surface area contributed by atoms with Crippen LogP contribution < -0.4 is 26.7 Å². The lowest BCUT2D eigenvalue weighted by Gasteiger charge is -2.19. The van der Waals surface area contributed by atoms with Crippen molar-refractivity contribution in [2.75, 3.05) is 73.1 Å². The van der Waals surface area contributed by atoms with E-state index < -0.39 is 17.9 Å². The van der Waals surface area contributed by atoms with Crippen LogP contribution in [0.1, 0.15) is 15.9 Å². The summed E-state index contributed by atoms with van der Waals surface area (Å²) in [7, 11) is 3.06. The summed E-state index contributed by atoms with van der Waals surface area (Å²) in [6, 6.07) is 6.02. The van der Waals surface area contributed by atoms with E-state index in [0.717, 1.165) is 0 Å². The molecule has 0 bridgehead atoms. The van der Waals surface area contributed by atoms with Crippen LogP contribution in [-0.2, 0) is 37.2 Å². The van der Waals surface area contributed by atoms with Crippen molar-refractivity contribution in [2.24, 2.45) is 12.8 Å². The molecule has 2 amide bonds. The Bertz CT molecular complexity index is 1470. The van der Waals surface area contributed by atoms with Crippen LogP contribution in [-0.4, -0.2) is 106 Å².